The van der Waals surface area contributed by atoms with Crippen molar-refractivity contribution in [2.24, 2.45) is 4.99 Å². The Labute approximate surface area is 205 Å². The minimum atomic E-state index is -3.91. The van der Waals surface area contributed by atoms with E-state index in [-0.39, 0.29) is 16.5 Å². The first-order valence-electron chi connectivity index (χ1n) is 11.2. The van der Waals surface area contributed by atoms with Crippen LogP contribution in [0.3, 0.4) is 0 Å². The van der Waals surface area contributed by atoms with Crippen LogP contribution in [0.25, 0.3) is 6.08 Å². The van der Waals surface area contributed by atoms with Crippen molar-refractivity contribution in [3.8, 4) is 0 Å². The molecule has 0 saturated carbocycles. The van der Waals surface area contributed by atoms with Gasteiger partial charge in [0.15, 0.2) is 0 Å². The van der Waals surface area contributed by atoms with Gasteiger partial charge < -0.3 is 9.80 Å². The summed E-state index contributed by atoms with van der Waals surface area (Å²) in [6.45, 7) is 8.06. The number of pyridine rings is 1. The van der Waals surface area contributed by atoms with Crippen LogP contribution < -0.4 is 9.62 Å². The SMILES string of the molecule is C=Nc1c(/C=C\C)cccc1S(=O)(=O)Nc1ccc(C(=O)N2CCN(c3ccncc3)CC2)cc1. The quantitative estimate of drug-likeness (QED) is 0.502. The third-order valence-electron chi connectivity index (χ3n) is 5.80. The maximum atomic E-state index is 13.0. The lowest BCUT2D eigenvalue weighted by atomic mass is 10.1. The van der Waals surface area contributed by atoms with E-state index in [1.165, 1.54) is 6.07 Å². The third-order valence-corrected chi connectivity index (χ3v) is 7.22. The largest absolute Gasteiger partial charge is 0.368 e. The number of hydrogen-bond donors (Lipinski definition) is 1. The molecule has 0 bridgehead atoms. The van der Waals surface area contributed by atoms with E-state index in [0.717, 1.165) is 18.8 Å². The molecule has 9 heteroatoms. The van der Waals surface area contributed by atoms with Crippen LogP contribution in [0.4, 0.5) is 17.1 Å². The average Bonchev–Trinajstić information content (AvgIpc) is 2.89. The van der Waals surface area contributed by atoms with Gasteiger partial charge in [-0.3, -0.25) is 19.5 Å². The van der Waals surface area contributed by atoms with Gasteiger partial charge in [-0.05, 0) is 56.1 Å². The fraction of sp³-hybridized carbons (Fsp3) is 0.192. The van der Waals surface area contributed by atoms with Crippen LogP contribution in [-0.4, -0.2) is 57.1 Å². The molecule has 0 spiro atoms. The summed E-state index contributed by atoms with van der Waals surface area (Å²) in [5.74, 6) is -0.0778. The molecule has 0 unspecified atom stereocenters. The average molecular weight is 490 g/mol. The second-order valence-corrected chi connectivity index (χ2v) is 9.67. The number of benzene rings is 2. The molecule has 1 amide bonds. The molecule has 8 nitrogen and oxygen atoms in total. The minimum Gasteiger partial charge on any atom is -0.368 e. The van der Waals surface area contributed by atoms with Gasteiger partial charge in [-0.25, -0.2) is 8.42 Å². The number of carbonyl (C=O) groups excluding carboxylic acids is 1. The zero-order valence-electron chi connectivity index (χ0n) is 19.5. The second kappa shape index (κ2) is 10.5. The summed E-state index contributed by atoms with van der Waals surface area (Å²) in [7, 11) is -3.91. The first-order chi connectivity index (χ1) is 16.9. The van der Waals surface area contributed by atoms with Crippen LogP contribution in [0.1, 0.15) is 22.8 Å². The van der Waals surface area contributed by atoms with Crippen LogP contribution in [0.15, 0.2) is 83.0 Å². The standard InChI is InChI=1S/C26H27N5O3S/c1-3-5-20-6-4-7-24(25(20)27-2)35(33,34)29-22-10-8-21(9-11-22)26(32)31-18-16-30(17-19-31)23-12-14-28-15-13-23/h3-15,29H,2,16-19H2,1H3/b5-3-. The van der Waals surface area contributed by atoms with E-state index in [0.29, 0.717) is 29.9 Å². The number of carbonyl (C=O) groups is 1. The molecule has 3 aromatic rings. The fourth-order valence-corrected chi connectivity index (χ4v) is 5.29. The van der Waals surface area contributed by atoms with Crippen LogP contribution in [-0.2, 0) is 10.0 Å². The van der Waals surface area contributed by atoms with Crippen molar-refractivity contribution in [2.75, 3.05) is 35.8 Å². The van der Waals surface area contributed by atoms with Gasteiger partial charge in [0.25, 0.3) is 15.9 Å². The number of piperazine rings is 1. The number of sulfonamides is 1. The van der Waals surface area contributed by atoms with Crippen molar-refractivity contribution >= 4 is 45.8 Å². The molecule has 35 heavy (non-hydrogen) atoms. The lowest BCUT2D eigenvalue weighted by Gasteiger charge is -2.36. The van der Waals surface area contributed by atoms with Gasteiger partial charge in [0.05, 0.1) is 5.69 Å². The third kappa shape index (κ3) is 5.41. The van der Waals surface area contributed by atoms with E-state index >= 15 is 0 Å². The van der Waals surface area contributed by atoms with Crippen molar-refractivity contribution < 1.29 is 13.2 Å². The molecule has 0 atom stereocenters. The van der Waals surface area contributed by atoms with E-state index in [1.54, 1.807) is 54.9 Å². The Kier molecular flexibility index (Phi) is 7.26. The number of allylic oxidation sites excluding steroid dienone is 1. The van der Waals surface area contributed by atoms with E-state index < -0.39 is 10.0 Å². The number of nitrogens with one attached hydrogen (secondary N) is 1. The molecule has 1 aliphatic heterocycles. The highest BCUT2D eigenvalue weighted by molar-refractivity contribution is 7.92. The van der Waals surface area contributed by atoms with E-state index in [1.807, 2.05) is 30.0 Å². The molecule has 4 rings (SSSR count). The molecular formula is C26H27N5O3S. The summed E-state index contributed by atoms with van der Waals surface area (Å²) in [5.41, 5.74) is 2.91. The number of para-hydroxylation sites is 1. The molecule has 1 saturated heterocycles. The van der Waals surface area contributed by atoms with Gasteiger partial charge in [-0.1, -0.05) is 24.3 Å². The molecule has 2 heterocycles. The number of anilines is 2. The van der Waals surface area contributed by atoms with Gasteiger partial charge in [0, 0.05) is 61.1 Å². The first kappa shape index (κ1) is 24.2. The minimum absolute atomic E-state index is 0.0373. The van der Waals surface area contributed by atoms with E-state index in [2.05, 4.69) is 26.3 Å². The lowest BCUT2D eigenvalue weighted by Crippen LogP contribution is -2.48. The number of rotatable bonds is 7. The summed E-state index contributed by atoms with van der Waals surface area (Å²) in [6, 6.07) is 15.3. The molecule has 2 aromatic carbocycles. The monoisotopic (exact) mass is 489 g/mol. The summed E-state index contributed by atoms with van der Waals surface area (Å²) in [5, 5.41) is 0. The highest BCUT2D eigenvalue weighted by Gasteiger charge is 2.23. The van der Waals surface area contributed by atoms with Gasteiger partial charge in [-0.2, -0.15) is 0 Å². The summed E-state index contributed by atoms with van der Waals surface area (Å²) in [4.78, 5) is 25.0. The first-order valence-corrected chi connectivity index (χ1v) is 12.7. The second-order valence-electron chi connectivity index (χ2n) is 8.02. The predicted molar refractivity (Wildman–Crippen MR) is 140 cm³/mol. The molecule has 1 fully saturated rings. The van der Waals surface area contributed by atoms with Gasteiger partial charge in [-0.15, -0.1) is 0 Å². The smallest absolute Gasteiger partial charge is 0.264 e. The van der Waals surface area contributed by atoms with Crippen molar-refractivity contribution in [3.63, 3.8) is 0 Å². The zero-order valence-corrected chi connectivity index (χ0v) is 20.3. The van der Waals surface area contributed by atoms with Crippen molar-refractivity contribution in [3.05, 3.63) is 84.2 Å². The van der Waals surface area contributed by atoms with Gasteiger partial charge in [0.2, 0.25) is 0 Å². The Bertz CT molecular complexity index is 1330. The van der Waals surface area contributed by atoms with E-state index in [4.69, 9.17) is 0 Å². The Hall–Kier alpha value is -3.98. The molecule has 1 aliphatic rings. The van der Waals surface area contributed by atoms with Crippen LogP contribution in [0.2, 0.25) is 0 Å². The molecule has 0 aliphatic carbocycles. The van der Waals surface area contributed by atoms with Crippen LogP contribution >= 0.6 is 0 Å². The van der Waals surface area contributed by atoms with Gasteiger partial charge in [0.1, 0.15) is 4.90 Å². The fourth-order valence-electron chi connectivity index (χ4n) is 4.04. The van der Waals surface area contributed by atoms with Crippen LogP contribution in [0, 0.1) is 0 Å². The summed E-state index contributed by atoms with van der Waals surface area (Å²) >= 11 is 0. The maximum absolute atomic E-state index is 13.0. The Morgan fingerprint density at radius 2 is 1.71 bits per heavy atom. The van der Waals surface area contributed by atoms with Crippen molar-refractivity contribution in [1.29, 1.82) is 0 Å². The Balaban J connectivity index is 1.43. The highest BCUT2D eigenvalue weighted by Crippen LogP contribution is 2.30. The maximum Gasteiger partial charge on any atom is 0.264 e. The molecule has 180 valence electrons. The predicted octanol–water partition coefficient (Wildman–Crippen LogP) is 4.21. The number of nitrogens with zero attached hydrogens (tertiary/aromatic N) is 4. The van der Waals surface area contributed by atoms with Crippen molar-refractivity contribution in [2.45, 2.75) is 11.8 Å². The molecular weight excluding hydrogens is 462 g/mol. The zero-order chi connectivity index (χ0) is 24.8. The Morgan fingerprint density at radius 1 is 1.03 bits per heavy atom. The molecule has 0 radical (unpaired) electrons. The lowest BCUT2D eigenvalue weighted by molar-refractivity contribution is 0.0747. The topological polar surface area (TPSA) is 95.0 Å². The summed E-state index contributed by atoms with van der Waals surface area (Å²) < 4.78 is 28.7. The number of hydrogen-bond acceptors (Lipinski definition) is 6. The van der Waals surface area contributed by atoms with Gasteiger partial charge >= 0.3 is 0 Å². The van der Waals surface area contributed by atoms with Crippen molar-refractivity contribution in [1.82, 2.24) is 9.88 Å². The number of aliphatic imine (C=N–C) groups is 1. The van der Waals surface area contributed by atoms with E-state index in [9.17, 15) is 13.2 Å². The normalized spacial score (nSPS) is 14.2. The number of aromatic nitrogens is 1. The molecule has 1 aromatic heterocycles. The van der Waals surface area contributed by atoms with Crippen LogP contribution in [0.5, 0.6) is 0 Å². The Morgan fingerprint density at radius 3 is 2.34 bits per heavy atom. The highest BCUT2D eigenvalue weighted by atomic mass is 32.2. The summed E-state index contributed by atoms with van der Waals surface area (Å²) in [6.07, 6.45) is 7.11. The molecule has 1 N–H and O–H groups in total. The number of amides is 1.